The summed E-state index contributed by atoms with van der Waals surface area (Å²) in [5.41, 5.74) is -2.14. The molecule has 0 saturated carbocycles. The van der Waals surface area contributed by atoms with Crippen molar-refractivity contribution in [2.45, 2.75) is 0 Å². The lowest BCUT2D eigenvalue weighted by Gasteiger charge is -1.97. The topological polar surface area (TPSA) is 71.9 Å². The van der Waals surface area contributed by atoms with E-state index in [1.165, 1.54) is 0 Å². The minimum absolute atomic E-state index is 0.420. The van der Waals surface area contributed by atoms with E-state index < -0.39 is 23.0 Å². The molecule has 6 heteroatoms. The molecule has 0 aromatic carbocycles. The average Bonchev–Trinajstić information content (AvgIpc) is 2.10. The Bertz CT molecular complexity index is 471. The molecule has 0 unspecified atom stereocenters. The molecule has 0 saturated heterocycles. The molecule has 1 N–H and O–H groups in total. The van der Waals surface area contributed by atoms with Gasteiger partial charge in [-0.25, -0.2) is 9.36 Å². The van der Waals surface area contributed by atoms with E-state index in [1.54, 1.807) is 4.98 Å². The summed E-state index contributed by atoms with van der Waals surface area (Å²) < 4.78 is 13.0. The van der Waals surface area contributed by atoms with Gasteiger partial charge in [0, 0.05) is 0 Å². The molecule has 0 spiro atoms. The lowest BCUT2D eigenvalue weighted by atomic mass is 10.5. The van der Waals surface area contributed by atoms with Crippen LogP contribution in [0.1, 0.15) is 4.79 Å². The number of allylic oxidation sites excluding steroid dienone is 1. The zero-order chi connectivity index (χ0) is 10.0. The molecule has 0 bridgehead atoms. The minimum Gasteiger partial charge on any atom is -0.271 e. The van der Waals surface area contributed by atoms with E-state index in [4.69, 9.17) is 0 Å². The molecular weight excluding hydrogens is 179 g/mol. The fourth-order valence-electron chi connectivity index (χ4n) is 0.710. The lowest BCUT2D eigenvalue weighted by molar-refractivity contribution is 0.0962. The Hall–Kier alpha value is -1.98. The second kappa shape index (κ2) is 3.18. The first-order chi connectivity index (χ1) is 6.06. The third-order valence-corrected chi connectivity index (χ3v) is 1.31. The van der Waals surface area contributed by atoms with Crippen LogP contribution in [0.3, 0.4) is 0 Å². The number of nitrogens with one attached hydrogen (secondary N) is 1. The van der Waals surface area contributed by atoms with Gasteiger partial charge in [-0.2, -0.15) is 4.39 Å². The number of halogens is 1. The Morgan fingerprint density at radius 1 is 1.62 bits per heavy atom. The van der Waals surface area contributed by atoms with E-state index in [1.807, 2.05) is 0 Å². The molecule has 0 radical (unpaired) electrons. The van der Waals surface area contributed by atoms with Gasteiger partial charge in [-0.15, -0.1) is 0 Å². The van der Waals surface area contributed by atoms with Crippen molar-refractivity contribution >= 4 is 5.91 Å². The highest BCUT2D eigenvalue weighted by Crippen LogP contribution is 1.84. The van der Waals surface area contributed by atoms with Crippen LogP contribution >= 0.6 is 0 Å². The number of carbonyl (C=O) groups is 1. The van der Waals surface area contributed by atoms with Crippen LogP contribution in [0.4, 0.5) is 4.39 Å². The number of nitrogens with zero attached hydrogens (tertiary/aromatic N) is 1. The maximum absolute atomic E-state index is 12.6. The Morgan fingerprint density at radius 3 is 2.77 bits per heavy atom. The molecule has 13 heavy (non-hydrogen) atoms. The molecule has 0 aliphatic rings. The van der Waals surface area contributed by atoms with Crippen molar-refractivity contribution in [1.29, 1.82) is 0 Å². The predicted octanol–water partition coefficient (Wildman–Crippen LogP) is -0.498. The minimum atomic E-state index is -1.20. The van der Waals surface area contributed by atoms with Crippen molar-refractivity contribution in [1.82, 2.24) is 9.55 Å². The van der Waals surface area contributed by atoms with E-state index in [2.05, 4.69) is 6.58 Å². The molecule has 0 amide bonds. The fourth-order valence-corrected chi connectivity index (χ4v) is 0.710. The quantitative estimate of drug-likeness (QED) is 0.598. The number of aromatic amines is 1. The summed E-state index contributed by atoms with van der Waals surface area (Å²) in [6.07, 6.45) is 1.35. The Labute approximate surface area is 71.1 Å². The van der Waals surface area contributed by atoms with Crippen LogP contribution < -0.4 is 11.2 Å². The van der Waals surface area contributed by atoms with Crippen LogP contribution in [0.15, 0.2) is 28.4 Å². The van der Waals surface area contributed by atoms with Gasteiger partial charge in [-0.3, -0.25) is 14.6 Å². The van der Waals surface area contributed by atoms with Gasteiger partial charge in [-0.1, -0.05) is 6.58 Å². The molecule has 0 atom stereocenters. The van der Waals surface area contributed by atoms with Gasteiger partial charge in [0.05, 0.1) is 6.20 Å². The number of H-pyrrole nitrogens is 1. The molecule has 0 aliphatic carbocycles. The number of rotatable bonds is 1. The predicted molar refractivity (Wildman–Crippen MR) is 42.1 cm³/mol. The third kappa shape index (κ3) is 1.61. The zero-order valence-corrected chi connectivity index (χ0v) is 6.41. The largest absolute Gasteiger partial charge is 0.335 e. The first kappa shape index (κ1) is 9.11. The van der Waals surface area contributed by atoms with Crippen molar-refractivity contribution in [2.75, 3.05) is 0 Å². The average molecular weight is 184 g/mol. The highest BCUT2D eigenvalue weighted by Gasteiger charge is 2.06. The summed E-state index contributed by atoms with van der Waals surface area (Å²) in [5.74, 6) is -2.00. The highest BCUT2D eigenvalue weighted by molar-refractivity contribution is 5.88. The molecule has 0 fully saturated rings. The smallest absolute Gasteiger partial charge is 0.271 e. The van der Waals surface area contributed by atoms with Gasteiger partial charge in [0.25, 0.3) is 11.5 Å². The molecule has 1 rings (SSSR count). The van der Waals surface area contributed by atoms with Crippen LogP contribution in [0.2, 0.25) is 0 Å². The van der Waals surface area contributed by atoms with E-state index in [9.17, 15) is 18.8 Å². The summed E-state index contributed by atoms with van der Waals surface area (Å²) in [5, 5.41) is 0. The fraction of sp³-hybridized carbons (Fsp3) is 0. The summed E-state index contributed by atoms with van der Waals surface area (Å²) >= 11 is 0. The summed E-state index contributed by atoms with van der Waals surface area (Å²) in [4.78, 5) is 33.9. The molecular formula is C7H5FN2O3. The number of hydrogen-bond donors (Lipinski definition) is 1. The van der Waals surface area contributed by atoms with E-state index in [0.29, 0.717) is 10.8 Å². The third-order valence-electron chi connectivity index (χ3n) is 1.31. The second-order valence-corrected chi connectivity index (χ2v) is 2.15. The standard InChI is InChI=1S/C7H5FN2O3/c1-2-5(11)10-3-4(8)6(12)9-7(10)13/h2-3H,1H2,(H,9,12,13). The van der Waals surface area contributed by atoms with Crippen molar-refractivity contribution in [3.05, 3.63) is 45.5 Å². The molecule has 68 valence electrons. The Morgan fingerprint density at radius 2 is 2.23 bits per heavy atom. The van der Waals surface area contributed by atoms with Crippen LogP contribution in [-0.2, 0) is 0 Å². The summed E-state index contributed by atoms with van der Waals surface area (Å²) in [6, 6.07) is 0. The number of aromatic nitrogens is 2. The maximum atomic E-state index is 12.6. The van der Waals surface area contributed by atoms with Crippen LogP contribution in [0.5, 0.6) is 0 Å². The number of carbonyl (C=O) groups excluding carboxylic acids is 1. The Balaban J connectivity index is 3.49. The van der Waals surface area contributed by atoms with Crippen LogP contribution in [0.25, 0.3) is 0 Å². The first-order valence-electron chi connectivity index (χ1n) is 3.24. The second-order valence-electron chi connectivity index (χ2n) is 2.15. The van der Waals surface area contributed by atoms with Gasteiger partial charge in [-0.05, 0) is 6.08 Å². The van der Waals surface area contributed by atoms with E-state index >= 15 is 0 Å². The van der Waals surface area contributed by atoms with E-state index in [0.717, 1.165) is 6.08 Å². The summed E-state index contributed by atoms with van der Waals surface area (Å²) in [7, 11) is 0. The normalized spacial score (nSPS) is 9.62. The van der Waals surface area contributed by atoms with Gasteiger partial charge in [0.15, 0.2) is 0 Å². The van der Waals surface area contributed by atoms with Crippen LogP contribution in [-0.4, -0.2) is 15.5 Å². The lowest BCUT2D eigenvalue weighted by Crippen LogP contribution is -2.34. The highest BCUT2D eigenvalue weighted by atomic mass is 19.1. The van der Waals surface area contributed by atoms with Crippen molar-refractivity contribution in [2.24, 2.45) is 0 Å². The van der Waals surface area contributed by atoms with Crippen LogP contribution in [0, 0.1) is 5.82 Å². The van der Waals surface area contributed by atoms with Crippen molar-refractivity contribution in [3.63, 3.8) is 0 Å². The molecule has 5 nitrogen and oxygen atoms in total. The van der Waals surface area contributed by atoms with Gasteiger partial charge < -0.3 is 0 Å². The van der Waals surface area contributed by atoms with Crippen molar-refractivity contribution in [3.8, 4) is 0 Å². The summed E-state index contributed by atoms with van der Waals surface area (Å²) in [6.45, 7) is 3.11. The van der Waals surface area contributed by atoms with Gasteiger partial charge in [0.2, 0.25) is 5.82 Å². The molecule has 1 heterocycles. The van der Waals surface area contributed by atoms with Gasteiger partial charge in [0.1, 0.15) is 0 Å². The molecule has 1 aromatic heterocycles. The Kier molecular flexibility index (Phi) is 2.23. The number of hydrogen-bond acceptors (Lipinski definition) is 3. The van der Waals surface area contributed by atoms with E-state index in [-0.39, 0.29) is 0 Å². The first-order valence-corrected chi connectivity index (χ1v) is 3.24. The van der Waals surface area contributed by atoms with Crippen molar-refractivity contribution < 1.29 is 9.18 Å². The van der Waals surface area contributed by atoms with Gasteiger partial charge >= 0.3 is 5.69 Å². The monoisotopic (exact) mass is 184 g/mol. The maximum Gasteiger partial charge on any atom is 0.335 e. The molecule has 1 aromatic rings. The molecule has 0 aliphatic heterocycles. The zero-order valence-electron chi connectivity index (χ0n) is 6.41. The SMILES string of the molecule is C=CC(=O)n1cc(F)c(=O)[nH]c1=O.